The molecule has 1 aliphatic heterocycles. The van der Waals surface area contributed by atoms with Gasteiger partial charge in [-0.05, 0) is 26.7 Å². The Hall–Kier alpha value is 0.880. The van der Waals surface area contributed by atoms with Crippen LogP contribution in [-0.4, -0.2) is 28.7 Å². The molecular formula is C9H16Br2O2. The van der Waals surface area contributed by atoms with E-state index in [0.717, 1.165) is 23.5 Å². The first-order chi connectivity index (χ1) is 6.09. The first-order valence-electron chi connectivity index (χ1n) is 4.56. The molecule has 78 valence electrons. The molecule has 0 radical (unpaired) electrons. The monoisotopic (exact) mass is 314 g/mol. The molecular weight excluding hydrogens is 300 g/mol. The largest absolute Gasteiger partial charge is 0.345 e. The standard InChI is InChI=1S/C9H16Br2O2/c1-9(2)12-7(3-5-10)8(13-9)4-6-11/h7-8H,3-6H2,1-2H3. The zero-order chi connectivity index (χ0) is 9.90. The van der Waals surface area contributed by atoms with E-state index in [9.17, 15) is 0 Å². The van der Waals surface area contributed by atoms with Crippen molar-refractivity contribution in [2.45, 2.75) is 44.7 Å². The summed E-state index contributed by atoms with van der Waals surface area (Å²) in [5.41, 5.74) is 0. The van der Waals surface area contributed by atoms with Gasteiger partial charge in [-0.1, -0.05) is 31.9 Å². The number of rotatable bonds is 4. The Morgan fingerprint density at radius 2 is 1.38 bits per heavy atom. The predicted octanol–water partition coefficient (Wildman–Crippen LogP) is 3.08. The van der Waals surface area contributed by atoms with Gasteiger partial charge in [0.15, 0.2) is 5.79 Å². The summed E-state index contributed by atoms with van der Waals surface area (Å²) in [6, 6.07) is 0. The van der Waals surface area contributed by atoms with Gasteiger partial charge in [-0.3, -0.25) is 0 Å². The summed E-state index contributed by atoms with van der Waals surface area (Å²) >= 11 is 6.86. The van der Waals surface area contributed by atoms with E-state index in [-0.39, 0.29) is 12.2 Å². The van der Waals surface area contributed by atoms with Gasteiger partial charge in [0.2, 0.25) is 0 Å². The summed E-state index contributed by atoms with van der Waals surface area (Å²) < 4.78 is 11.6. The van der Waals surface area contributed by atoms with E-state index in [0.29, 0.717) is 0 Å². The first-order valence-corrected chi connectivity index (χ1v) is 6.81. The lowest BCUT2D eigenvalue weighted by Crippen LogP contribution is -2.23. The Bertz CT molecular complexity index is 146. The zero-order valence-corrected chi connectivity index (χ0v) is 11.2. The highest BCUT2D eigenvalue weighted by molar-refractivity contribution is 9.09. The summed E-state index contributed by atoms with van der Waals surface area (Å²) in [7, 11) is 0. The van der Waals surface area contributed by atoms with Crippen LogP contribution in [0.2, 0.25) is 0 Å². The molecule has 0 aromatic heterocycles. The quantitative estimate of drug-likeness (QED) is 0.742. The van der Waals surface area contributed by atoms with Crippen molar-refractivity contribution in [3.8, 4) is 0 Å². The third-order valence-electron chi connectivity index (χ3n) is 2.07. The van der Waals surface area contributed by atoms with Gasteiger partial charge >= 0.3 is 0 Å². The molecule has 1 rings (SSSR count). The van der Waals surface area contributed by atoms with Crippen molar-refractivity contribution in [1.29, 1.82) is 0 Å². The van der Waals surface area contributed by atoms with Gasteiger partial charge in [-0.2, -0.15) is 0 Å². The average molecular weight is 316 g/mol. The zero-order valence-electron chi connectivity index (χ0n) is 8.06. The van der Waals surface area contributed by atoms with Crippen molar-refractivity contribution in [2.75, 3.05) is 10.7 Å². The minimum Gasteiger partial charge on any atom is -0.345 e. The highest BCUT2D eigenvalue weighted by Gasteiger charge is 2.39. The van der Waals surface area contributed by atoms with Crippen molar-refractivity contribution in [3.63, 3.8) is 0 Å². The van der Waals surface area contributed by atoms with E-state index in [2.05, 4.69) is 31.9 Å². The maximum atomic E-state index is 5.78. The van der Waals surface area contributed by atoms with E-state index in [1.807, 2.05) is 13.8 Å². The van der Waals surface area contributed by atoms with Crippen LogP contribution in [0.5, 0.6) is 0 Å². The van der Waals surface area contributed by atoms with E-state index in [4.69, 9.17) is 9.47 Å². The number of ether oxygens (including phenoxy) is 2. The Kier molecular flexibility index (Phi) is 4.69. The normalized spacial score (nSPS) is 32.3. The maximum Gasteiger partial charge on any atom is 0.163 e. The van der Waals surface area contributed by atoms with Gasteiger partial charge in [0.05, 0.1) is 12.2 Å². The first kappa shape index (κ1) is 12.0. The maximum absolute atomic E-state index is 5.78. The fourth-order valence-corrected chi connectivity index (χ4v) is 2.52. The van der Waals surface area contributed by atoms with Crippen molar-refractivity contribution >= 4 is 31.9 Å². The van der Waals surface area contributed by atoms with Crippen molar-refractivity contribution in [3.05, 3.63) is 0 Å². The fraction of sp³-hybridized carbons (Fsp3) is 1.00. The molecule has 4 heteroatoms. The highest BCUT2D eigenvalue weighted by atomic mass is 79.9. The summed E-state index contributed by atoms with van der Waals surface area (Å²) in [5, 5.41) is 1.94. The van der Waals surface area contributed by atoms with Gasteiger partial charge < -0.3 is 9.47 Å². The van der Waals surface area contributed by atoms with Gasteiger partial charge in [0, 0.05) is 10.7 Å². The second kappa shape index (κ2) is 5.10. The van der Waals surface area contributed by atoms with Crippen LogP contribution in [0.1, 0.15) is 26.7 Å². The Labute approximate surface area is 96.6 Å². The van der Waals surface area contributed by atoms with E-state index >= 15 is 0 Å². The lowest BCUT2D eigenvalue weighted by Gasteiger charge is -2.16. The smallest absolute Gasteiger partial charge is 0.163 e. The van der Waals surface area contributed by atoms with Gasteiger partial charge in [-0.15, -0.1) is 0 Å². The summed E-state index contributed by atoms with van der Waals surface area (Å²) in [6.07, 6.45) is 2.51. The lowest BCUT2D eigenvalue weighted by atomic mass is 10.1. The highest BCUT2D eigenvalue weighted by Crippen LogP contribution is 2.32. The topological polar surface area (TPSA) is 18.5 Å². The number of hydrogen-bond acceptors (Lipinski definition) is 2. The van der Waals surface area contributed by atoms with E-state index < -0.39 is 5.79 Å². The molecule has 2 unspecified atom stereocenters. The van der Waals surface area contributed by atoms with Crippen LogP contribution >= 0.6 is 31.9 Å². The second-order valence-corrected chi connectivity index (χ2v) is 5.25. The molecule has 1 fully saturated rings. The number of hydrogen-bond donors (Lipinski definition) is 0. The van der Waals surface area contributed by atoms with Crippen LogP contribution < -0.4 is 0 Å². The van der Waals surface area contributed by atoms with Gasteiger partial charge in [-0.25, -0.2) is 0 Å². The molecule has 0 amide bonds. The Morgan fingerprint density at radius 3 is 1.69 bits per heavy atom. The van der Waals surface area contributed by atoms with Crippen LogP contribution in [0.3, 0.4) is 0 Å². The van der Waals surface area contributed by atoms with E-state index in [1.54, 1.807) is 0 Å². The molecule has 1 heterocycles. The van der Waals surface area contributed by atoms with Crippen LogP contribution in [0.25, 0.3) is 0 Å². The molecule has 1 aliphatic rings. The molecule has 0 saturated carbocycles. The predicted molar refractivity (Wildman–Crippen MR) is 60.6 cm³/mol. The Balaban J connectivity index is 2.49. The van der Waals surface area contributed by atoms with Crippen molar-refractivity contribution in [1.82, 2.24) is 0 Å². The molecule has 2 nitrogen and oxygen atoms in total. The van der Waals surface area contributed by atoms with E-state index in [1.165, 1.54) is 0 Å². The molecule has 2 atom stereocenters. The molecule has 0 N–H and O–H groups in total. The Morgan fingerprint density at radius 1 is 1.00 bits per heavy atom. The van der Waals surface area contributed by atoms with Crippen LogP contribution in [-0.2, 0) is 9.47 Å². The number of halogens is 2. The number of alkyl halides is 2. The summed E-state index contributed by atoms with van der Waals surface area (Å²) in [4.78, 5) is 0. The van der Waals surface area contributed by atoms with Crippen LogP contribution in [0.15, 0.2) is 0 Å². The fourth-order valence-electron chi connectivity index (χ4n) is 1.61. The average Bonchev–Trinajstić information content (AvgIpc) is 2.28. The minimum atomic E-state index is -0.403. The van der Waals surface area contributed by atoms with Crippen LogP contribution in [0, 0.1) is 0 Å². The third kappa shape index (κ3) is 3.50. The van der Waals surface area contributed by atoms with Gasteiger partial charge in [0.1, 0.15) is 0 Å². The van der Waals surface area contributed by atoms with Crippen LogP contribution in [0.4, 0.5) is 0 Å². The molecule has 0 aromatic carbocycles. The van der Waals surface area contributed by atoms with Gasteiger partial charge in [0.25, 0.3) is 0 Å². The third-order valence-corrected chi connectivity index (χ3v) is 2.99. The molecule has 0 aliphatic carbocycles. The molecule has 0 spiro atoms. The summed E-state index contributed by atoms with van der Waals surface area (Å²) in [5.74, 6) is -0.403. The van der Waals surface area contributed by atoms with Crippen molar-refractivity contribution in [2.24, 2.45) is 0 Å². The minimum absolute atomic E-state index is 0.243. The lowest BCUT2D eigenvalue weighted by molar-refractivity contribution is -0.146. The molecule has 0 aromatic rings. The second-order valence-electron chi connectivity index (χ2n) is 3.67. The van der Waals surface area contributed by atoms with Crippen molar-refractivity contribution < 1.29 is 9.47 Å². The molecule has 13 heavy (non-hydrogen) atoms. The SMILES string of the molecule is CC1(C)OC(CCBr)C(CCBr)O1. The summed E-state index contributed by atoms with van der Waals surface area (Å²) in [6.45, 7) is 3.95. The molecule has 1 saturated heterocycles. The molecule has 0 bridgehead atoms.